The number of nitrogens with zero attached hydrogens (tertiary/aromatic N) is 1. The minimum atomic E-state index is -0.370. The molecule has 1 atom stereocenters. The molecule has 0 unspecified atom stereocenters. The molecule has 3 N–H and O–H groups in total. The Bertz CT molecular complexity index is 938. The summed E-state index contributed by atoms with van der Waals surface area (Å²) < 4.78 is 2.25. The van der Waals surface area contributed by atoms with Gasteiger partial charge in [0.2, 0.25) is 0 Å². The van der Waals surface area contributed by atoms with Gasteiger partial charge in [-0.2, -0.15) is 0 Å². The summed E-state index contributed by atoms with van der Waals surface area (Å²) in [7, 11) is 0. The lowest BCUT2D eigenvalue weighted by Crippen LogP contribution is -2.87. The van der Waals surface area contributed by atoms with Gasteiger partial charge in [0.05, 0.1) is 13.1 Å². The first kappa shape index (κ1) is 16.8. The van der Waals surface area contributed by atoms with Gasteiger partial charge in [-0.05, 0) is 17.7 Å². The molecule has 0 aliphatic heterocycles. The fourth-order valence-corrected chi connectivity index (χ4v) is 3.71. The normalized spacial score (nSPS) is 12.7. The van der Waals surface area contributed by atoms with Crippen LogP contribution in [0.2, 0.25) is 0 Å². The number of aromatic nitrogens is 1. The lowest BCUT2D eigenvalue weighted by atomic mass is 10.1. The van der Waals surface area contributed by atoms with Crippen molar-refractivity contribution in [2.75, 3.05) is 13.1 Å². The number of benzene rings is 3. The van der Waals surface area contributed by atoms with Crippen molar-refractivity contribution < 1.29 is 10.4 Å². The summed E-state index contributed by atoms with van der Waals surface area (Å²) in [4.78, 5) is 0. The topological polar surface area (TPSA) is 41.8 Å². The molecule has 0 fully saturated rings. The summed E-state index contributed by atoms with van der Waals surface area (Å²) in [6, 6.07) is 27.4. The van der Waals surface area contributed by atoms with Crippen LogP contribution >= 0.6 is 0 Å². The molecule has 0 saturated carbocycles. The van der Waals surface area contributed by atoms with E-state index in [0.29, 0.717) is 13.1 Å². The molecular formula is C23H25N2O+. The van der Waals surface area contributed by atoms with Gasteiger partial charge in [-0.3, -0.25) is 0 Å². The van der Waals surface area contributed by atoms with Gasteiger partial charge < -0.3 is 15.0 Å². The zero-order valence-electron chi connectivity index (χ0n) is 14.9. The molecular weight excluding hydrogens is 320 g/mol. The Morgan fingerprint density at radius 2 is 1.35 bits per heavy atom. The van der Waals surface area contributed by atoms with Gasteiger partial charge in [0.15, 0.2) is 0 Å². The maximum Gasteiger partial charge on any atom is 0.121 e. The molecule has 1 aromatic heterocycles. The summed E-state index contributed by atoms with van der Waals surface area (Å²) in [6.07, 6.45) is 0.660. The zero-order chi connectivity index (χ0) is 17.8. The maximum atomic E-state index is 10.6. The van der Waals surface area contributed by atoms with E-state index >= 15 is 0 Å². The number of rotatable bonds is 7. The van der Waals surface area contributed by atoms with Crippen LogP contribution in [0.5, 0.6) is 0 Å². The van der Waals surface area contributed by atoms with E-state index in [-0.39, 0.29) is 6.10 Å². The predicted molar refractivity (Wildman–Crippen MR) is 107 cm³/mol. The van der Waals surface area contributed by atoms with Crippen molar-refractivity contribution in [3.63, 3.8) is 0 Å². The predicted octanol–water partition coefficient (Wildman–Crippen LogP) is 2.96. The van der Waals surface area contributed by atoms with Crippen LogP contribution in [0.25, 0.3) is 21.8 Å². The van der Waals surface area contributed by atoms with Crippen LogP contribution in [0.4, 0.5) is 0 Å². The first-order valence-electron chi connectivity index (χ1n) is 9.32. The molecule has 0 amide bonds. The lowest BCUT2D eigenvalue weighted by Gasteiger charge is -2.13. The van der Waals surface area contributed by atoms with Crippen molar-refractivity contribution in [3.8, 4) is 0 Å². The number of hydrogen-bond donors (Lipinski definition) is 2. The Morgan fingerprint density at radius 3 is 2.00 bits per heavy atom. The van der Waals surface area contributed by atoms with Gasteiger partial charge in [0, 0.05) is 28.2 Å². The zero-order valence-corrected chi connectivity index (χ0v) is 14.9. The molecule has 0 saturated heterocycles. The van der Waals surface area contributed by atoms with E-state index in [4.69, 9.17) is 0 Å². The van der Waals surface area contributed by atoms with E-state index in [0.717, 1.165) is 13.0 Å². The van der Waals surface area contributed by atoms with Gasteiger partial charge in [0.25, 0.3) is 0 Å². The molecule has 132 valence electrons. The number of fused-ring (bicyclic) bond motifs is 3. The molecule has 4 rings (SSSR count). The van der Waals surface area contributed by atoms with Gasteiger partial charge in [-0.25, -0.2) is 0 Å². The summed E-state index contributed by atoms with van der Waals surface area (Å²) in [5.41, 5.74) is 3.73. The Hall–Kier alpha value is -2.62. The van der Waals surface area contributed by atoms with E-state index < -0.39 is 0 Å². The summed E-state index contributed by atoms with van der Waals surface area (Å²) in [5.74, 6) is 0. The third-order valence-corrected chi connectivity index (χ3v) is 4.99. The number of para-hydroxylation sites is 2. The fourth-order valence-electron chi connectivity index (χ4n) is 3.71. The minimum Gasteiger partial charge on any atom is -0.385 e. The van der Waals surface area contributed by atoms with E-state index in [1.807, 2.05) is 6.07 Å². The second-order valence-corrected chi connectivity index (χ2v) is 6.85. The highest BCUT2D eigenvalue weighted by Gasteiger charge is 2.14. The standard InChI is InChI=1S/C23H24N2O/c26-19(16-24-15-14-18-8-2-1-3-9-18)17-25-22-12-6-4-10-20(22)21-11-5-7-13-23(21)25/h1-13,19,24,26H,14-17H2/p+1/t19-/m1/s1. The third kappa shape index (κ3) is 3.50. The largest absolute Gasteiger partial charge is 0.385 e. The SMILES string of the molecule is O[C@H](C[NH2+]CCc1ccccc1)Cn1c2ccccc2c2ccccc21. The van der Waals surface area contributed by atoms with Crippen molar-refractivity contribution in [2.45, 2.75) is 19.1 Å². The van der Waals surface area contributed by atoms with Crippen LogP contribution in [-0.4, -0.2) is 28.9 Å². The van der Waals surface area contributed by atoms with Crippen LogP contribution in [-0.2, 0) is 13.0 Å². The lowest BCUT2D eigenvalue weighted by molar-refractivity contribution is -0.660. The van der Waals surface area contributed by atoms with Crippen LogP contribution in [0.1, 0.15) is 5.56 Å². The average molecular weight is 345 g/mol. The molecule has 26 heavy (non-hydrogen) atoms. The first-order chi connectivity index (χ1) is 12.8. The molecule has 4 aromatic rings. The monoisotopic (exact) mass is 345 g/mol. The first-order valence-corrected chi connectivity index (χ1v) is 9.32. The van der Waals surface area contributed by atoms with Crippen LogP contribution in [0.15, 0.2) is 78.9 Å². The highest BCUT2D eigenvalue weighted by atomic mass is 16.3. The van der Waals surface area contributed by atoms with E-state index in [1.54, 1.807) is 0 Å². The second kappa shape index (κ2) is 7.73. The van der Waals surface area contributed by atoms with Gasteiger partial charge in [-0.15, -0.1) is 0 Å². The molecule has 0 spiro atoms. The Balaban J connectivity index is 1.43. The Morgan fingerprint density at radius 1 is 0.769 bits per heavy atom. The van der Waals surface area contributed by atoms with Crippen LogP contribution in [0, 0.1) is 0 Å². The highest BCUT2D eigenvalue weighted by molar-refractivity contribution is 6.07. The Labute approximate surface area is 153 Å². The molecule has 0 aliphatic carbocycles. The molecule has 3 heteroatoms. The molecule has 0 aliphatic rings. The van der Waals surface area contributed by atoms with E-state index in [2.05, 4.69) is 82.7 Å². The maximum absolute atomic E-state index is 10.6. The summed E-state index contributed by atoms with van der Waals surface area (Å²) >= 11 is 0. The number of aliphatic hydroxyl groups excluding tert-OH is 1. The quantitative estimate of drug-likeness (QED) is 0.497. The molecule has 3 nitrogen and oxygen atoms in total. The molecule has 1 heterocycles. The van der Waals surface area contributed by atoms with Gasteiger partial charge in [-0.1, -0.05) is 66.7 Å². The molecule has 3 aromatic carbocycles. The Kier molecular flexibility index (Phi) is 5.00. The van der Waals surface area contributed by atoms with Crippen molar-refractivity contribution in [1.29, 1.82) is 0 Å². The number of quaternary nitrogens is 1. The van der Waals surface area contributed by atoms with Crippen molar-refractivity contribution >= 4 is 21.8 Å². The second-order valence-electron chi connectivity index (χ2n) is 6.85. The minimum absolute atomic E-state index is 0.370. The molecule has 0 radical (unpaired) electrons. The number of nitrogens with two attached hydrogens (primary N) is 1. The van der Waals surface area contributed by atoms with Crippen molar-refractivity contribution in [3.05, 3.63) is 84.4 Å². The van der Waals surface area contributed by atoms with E-state index in [1.165, 1.54) is 27.4 Å². The number of hydrogen-bond acceptors (Lipinski definition) is 1. The number of aliphatic hydroxyl groups is 1. The average Bonchev–Trinajstić information content (AvgIpc) is 3.00. The van der Waals surface area contributed by atoms with Crippen molar-refractivity contribution in [1.82, 2.24) is 4.57 Å². The van der Waals surface area contributed by atoms with Crippen molar-refractivity contribution in [2.24, 2.45) is 0 Å². The van der Waals surface area contributed by atoms with Gasteiger partial charge in [0.1, 0.15) is 12.6 Å². The molecule has 0 bridgehead atoms. The van der Waals surface area contributed by atoms with Gasteiger partial charge >= 0.3 is 0 Å². The fraction of sp³-hybridized carbons (Fsp3) is 0.217. The third-order valence-electron chi connectivity index (χ3n) is 4.99. The smallest absolute Gasteiger partial charge is 0.121 e. The summed E-state index contributed by atoms with van der Waals surface area (Å²) in [6.45, 7) is 2.33. The van der Waals surface area contributed by atoms with Crippen LogP contribution in [0.3, 0.4) is 0 Å². The summed E-state index contributed by atoms with van der Waals surface area (Å²) in [5, 5.41) is 15.3. The van der Waals surface area contributed by atoms with Crippen LogP contribution < -0.4 is 5.32 Å². The van der Waals surface area contributed by atoms with E-state index in [9.17, 15) is 5.11 Å². The highest BCUT2D eigenvalue weighted by Crippen LogP contribution is 2.28.